The Morgan fingerprint density at radius 3 is 2.68 bits per heavy atom. The topological polar surface area (TPSA) is 55.7 Å². The molecule has 4 aromatic rings. The summed E-state index contributed by atoms with van der Waals surface area (Å²) in [6.45, 7) is 2.22. The fourth-order valence-electron chi connectivity index (χ4n) is 4.32. The predicted molar refractivity (Wildman–Crippen MR) is 133 cm³/mol. The van der Waals surface area contributed by atoms with Gasteiger partial charge < -0.3 is 0 Å². The van der Waals surface area contributed by atoms with E-state index in [0.717, 1.165) is 55.8 Å². The first kappa shape index (κ1) is 21.0. The Labute approximate surface area is 198 Å². The Bertz CT molecular complexity index is 1280. The number of hydrogen-bond acceptors (Lipinski definition) is 6. The number of fused-ring (bicyclic) bond motifs is 5. The Hall–Kier alpha value is -1.83. The van der Waals surface area contributed by atoms with Gasteiger partial charge in [0.1, 0.15) is 16.2 Å². The van der Waals surface area contributed by atoms with Gasteiger partial charge in [-0.3, -0.25) is 4.79 Å². The van der Waals surface area contributed by atoms with Crippen molar-refractivity contribution < 1.29 is 4.79 Å². The van der Waals surface area contributed by atoms with E-state index in [9.17, 15) is 4.79 Å². The van der Waals surface area contributed by atoms with Crippen LogP contribution in [-0.2, 0) is 19.3 Å². The van der Waals surface area contributed by atoms with Gasteiger partial charge in [0, 0.05) is 21.1 Å². The minimum Gasteiger partial charge on any atom is -0.293 e. The summed E-state index contributed by atoms with van der Waals surface area (Å²) in [5.74, 6) is 0.459. The Morgan fingerprint density at radius 2 is 1.90 bits per heavy atom. The van der Waals surface area contributed by atoms with E-state index in [1.54, 1.807) is 17.7 Å². The van der Waals surface area contributed by atoms with E-state index in [4.69, 9.17) is 4.98 Å². The molecule has 0 saturated carbocycles. The Balaban J connectivity index is 1.53. The molecule has 1 aromatic carbocycles. The number of nitrogens with zero attached hydrogens (tertiary/aromatic N) is 3. The third kappa shape index (κ3) is 4.03. The molecular weight excluding hydrogens is 490 g/mol. The molecule has 1 aliphatic carbocycles. The monoisotopic (exact) mass is 511 g/mol. The molecule has 0 saturated heterocycles. The lowest BCUT2D eigenvalue weighted by atomic mass is 9.88. The molecule has 0 bridgehead atoms. The molecule has 0 fully saturated rings. The maximum Gasteiger partial charge on any atom is 0.173 e. The fraction of sp³-hybridized carbons (Fsp3) is 0.333. The quantitative estimate of drug-likeness (QED) is 0.161. The molecule has 0 unspecified atom stereocenters. The molecule has 4 nitrogen and oxygen atoms in total. The minimum absolute atomic E-state index is 0.103. The molecule has 31 heavy (non-hydrogen) atoms. The van der Waals surface area contributed by atoms with Crippen molar-refractivity contribution in [3.05, 3.63) is 57.4 Å². The first-order valence-electron chi connectivity index (χ1n) is 10.6. The van der Waals surface area contributed by atoms with Crippen molar-refractivity contribution in [1.29, 1.82) is 0 Å². The second-order valence-electron chi connectivity index (χ2n) is 7.83. The van der Waals surface area contributed by atoms with Gasteiger partial charge in [-0.15, -0.1) is 11.3 Å². The number of aromatic nitrogens is 3. The highest BCUT2D eigenvalue weighted by Gasteiger charge is 2.23. The molecule has 3 heterocycles. The Morgan fingerprint density at radius 1 is 1.13 bits per heavy atom. The summed E-state index contributed by atoms with van der Waals surface area (Å²) in [7, 11) is 0. The zero-order chi connectivity index (χ0) is 21.4. The lowest BCUT2D eigenvalue weighted by molar-refractivity contribution is 0.102. The van der Waals surface area contributed by atoms with Crippen LogP contribution >= 0.6 is 39.0 Å². The number of hydrogen-bond donors (Lipinski definition) is 0. The first-order valence-corrected chi connectivity index (χ1v) is 13.2. The number of Topliss-reactive ketones (excluding diaryl/α,β-unsaturated/α-hetero) is 1. The van der Waals surface area contributed by atoms with Crippen LogP contribution in [0.1, 0.15) is 53.4 Å². The van der Waals surface area contributed by atoms with E-state index < -0.39 is 0 Å². The number of benzene rings is 1. The van der Waals surface area contributed by atoms with Gasteiger partial charge in [0.2, 0.25) is 0 Å². The minimum atomic E-state index is 0.103. The van der Waals surface area contributed by atoms with Crippen LogP contribution < -0.4 is 0 Å². The summed E-state index contributed by atoms with van der Waals surface area (Å²) in [4.78, 5) is 28.0. The van der Waals surface area contributed by atoms with Crippen LogP contribution in [0.3, 0.4) is 0 Å². The van der Waals surface area contributed by atoms with Crippen LogP contribution in [0.15, 0.2) is 40.1 Å². The predicted octanol–water partition coefficient (Wildman–Crippen LogP) is 6.81. The number of thiophene rings is 1. The van der Waals surface area contributed by atoms with Crippen molar-refractivity contribution >= 4 is 65.2 Å². The number of pyridine rings is 1. The molecule has 0 atom stereocenters. The highest BCUT2D eigenvalue weighted by molar-refractivity contribution is 9.10. The molecule has 3 aromatic heterocycles. The van der Waals surface area contributed by atoms with Crippen LogP contribution in [0, 0.1) is 0 Å². The van der Waals surface area contributed by atoms with Crippen molar-refractivity contribution in [2.75, 3.05) is 5.75 Å². The molecule has 0 amide bonds. The number of carbonyl (C=O) groups excluding carboxylic acids is 1. The van der Waals surface area contributed by atoms with Crippen molar-refractivity contribution in [3.8, 4) is 0 Å². The van der Waals surface area contributed by atoms with Crippen LogP contribution in [0.5, 0.6) is 0 Å². The van der Waals surface area contributed by atoms with E-state index in [0.29, 0.717) is 5.75 Å². The SMILES string of the molecule is CCCc1nc2sc3c(SCC(=O)c4ccc(Br)cc4)ncnc3c2c2c1CCCC2. The van der Waals surface area contributed by atoms with Crippen molar-refractivity contribution in [2.24, 2.45) is 0 Å². The molecule has 0 spiro atoms. The average molecular weight is 512 g/mol. The van der Waals surface area contributed by atoms with Gasteiger partial charge >= 0.3 is 0 Å². The van der Waals surface area contributed by atoms with Gasteiger partial charge in [-0.2, -0.15) is 0 Å². The molecule has 0 aliphatic heterocycles. The summed E-state index contributed by atoms with van der Waals surface area (Å²) in [6.07, 6.45) is 8.47. The van der Waals surface area contributed by atoms with Crippen molar-refractivity contribution in [1.82, 2.24) is 15.0 Å². The lowest BCUT2D eigenvalue weighted by Gasteiger charge is -2.19. The van der Waals surface area contributed by atoms with E-state index in [-0.39, 0.29) is 5.78 Å². The van der Waals surface area contributed by atoms with Crippen LogP contribution in [0.25, 0.3) is 20.4 Å². The van der Waals surface area contributed by atoms with Crippen LogP contribution in [0.4, 0.5) is 0 Å². The summed E-state index contributed by atoms with van der Waals surface area (Å²) in [6, 6.07) is 7.51. The number of ketones is 1. The molecule has 158 valence electrons. The standard InChI is InChI=1S/C24H22BrN3OS2/c1-2-5-18-16-6-3-4-7-17(16)20-21-22(31-23(20)28-18)24(27-13-26-21)30-12-19(29)14-8-10-15(25)11-9-14/h8-11,13H,2-7,12H2,1H3. The van der Waals surface area contributed by atoms with Gasteiger partial charge in [0.25, 0.3) is 0 Å². The maximum absolute atomic E-state index is 12.7. The van der Waals surface area contributed by atoms with E-state index >= 15 is 0 Å². The summed E-state index contributed by atoms with van der Waals surface area (Å²) in [5.41, 5.74) is 5.90. The average Bonchev–Trinajstić information content (AvgIpc) is 3.17. The molecule has 7 heteroatoms. The van der Waals surface area contributed by atoms with Gasteiger partial charge in [0.05, 0.1) is 16.0 Å². The van der Waals surface area contributed by atoms with E-state index in [2.05, 4.69) is 32.8 Å². The highest BCUT2D eigenvalue weighted by atomic mass is 79.9. The zero-order valence-electron chi connectivity index (χ0n) is 17.3. The maximum atomic E-state index is 12.7. The van der Waals surface area contributed by atoms with E-state index in [1.807, 2.05) is 24.3 Å². The number of aryl methyl sites for hydroxylation is 2. The normalized spacial score (nSPS) is 13.6. The van der Waals surface area contributed by atoms with Gasteiger partial charge in [-0.05, 0) is 55.4 Å². The molecule has 5 rings (SSSR count). The van der Waals surface area contributed by atoms with Crippen LogP contribution in [-0.4, -0.2) is 26.5 Å². The van der Waals surface area contributed by atoms with Gasteiger partial charge in [-0.25, -0.2) is 15.0 Å². The van der Waals surface area contributed by atoms with E-state index in [1.165, 1.54) is 46.8 Å². The van der Waals surface area contributed by atoms with Crippen molar-refractivity contribution in [3.63, 3.8) is 0 Å². The summed E-state index contributed by atoms with van der Waals surface area (Å²) < 4.78 is 2.03. The molecular formula is C24H22BrN3OS2. The van der Waals surface area contributed by atoms with Gasteiger partial charge in [-0.1, -0.05) is 53.2 Å². The lowest BCUT2D eigenvalue weighted by Crippen LogP contribution is -2.09. The largest absolute Gasteiger partial charge is 0.293 e. The number of thioether (sulfide) groups is 1. The second kappa shape index (κ2) is 8.96. The third-order valence-corrected chi connectivity index (χ3v) is 8.49. The number of rotatable bonds is 6. The third-order valence-electron chi connectivity index (χ3n) is 5.77. The second-order valence-corrected chi connectivity index (χ2v) is 10.7. The fourth-order valence-corrected chi connectivity index (χ4v) is 6.73. The van der Waals surface area contributed by atoms with Gasteiger partial charge in [0.15, 0.2) is 5.78 Å². The zero-order valence-corrected chi connectivity index (χ0v) is 20.5. The first-order chi connectivity index (χ1) is 15.2. The molecule has 1 aliphatic rings. The Kier molecular flexibility index (Phi) is 6.08. The van der Waals surface area contributed by atoms with Crippen LogP contribution in [0.2, 0.25) is 0 Å². The highest BCUT2D eigenvalue weighted by Crippen LogP contribution is 2.41. The summed E-state index contributed by atoms with van der Waals surface area (Å²) >= 11 is 6.59. The number of halogens is 1. The molecule has 0 N–H and O–H groups in total. The molecule has 0 radical (unpaired) electrons. The van der Waals surface area contributed by atoms with Crippen molar-refractivity contribution in [2.45, 2.75) is 50.5 Å². The smallest absolute Gasteiger partial charge is 0.173 e. The number of carbonyl (C=O) groups is 1. The summed E-state index contributed by atoms with van der Waals surface area (Å²) in [5, 5.41) is 2.10.